The van der Waals surface area contributed by atoms with Gasteiger partial charge in [0.25, 0.3) is 0 Å². The molecule has 2 atom stereocenters. The fourth-order valence-corrected chi connectivity index (χ4v) is 3.56. The van der Waals surface area contributed by atoms with E-state index < -0.39 is 0 Å². The molecule has 3 rings (SSSR count). The van der Waals surface area contributed by atoms with Crippen molar-refractivity contribution < 1.29 is 9.84 Å². The van der Waals surface area contributed by atoms with Crippen molar-refractivity contribution >= 4 is 0 Å². The van der Waals surface area contributed by atoms with Crippen LogP contribution in [0.2, 0.25) is 0 Å². The lowest BCUT2D eigenvalue weighted by atomic mass is 9.87. The molecule has 3 nitrogen and oxygen atoms in total. The van der Waals surface area contributed by atoms with Gasteiger partial charge in [0.05, 0.1) is 6.10 Å². The Bertz CT molecular complexity index is 472. The van der Waals surface area contributed by atoms with Crippen LogP contribution in [-0.4, -0.2) is 35.8 Å². The summed E-state index contributed by atoms with van der Waals surface area (Å²) < 4.78 is 5.81. The molecule has 20 heavy (non-hydrogen) atoms. The van der Waals surface area contributed by atoms with Crippen LogP contribution in [0.4, 0.5) is 0 Å². The van der Waals surface area contributed by atoms with Gasteiger partial charge in [-0.3, -0.25) is 4.90 Å². The Kier molecular flexibility index (Phi) is 3.74. The standard InChI is InChI=1S/C17H25NO2/c1-17(2)8-7-14(16(17)19)12-18-9-10-20-15-6-4-3-5-13(15)11-18/h3-6,14,16,19H,7-12H2,1-2H3. The van der Waals surface area contributed by atoms with E-state index in [1.165, 1.54) is 5.56 Å². The van der Waals surface area contributed by atoms with Crippen LogP contribution in [0.25, 0.3) is 0 Å². The number of aliphatic hydroxyl groups is 1. The molecule has 1 aliphatic carbocycles. The van der Waals surface area contributed by atoms with Gasteiger partial charge in [-0.1, -0.05) is 32.0 Å². The van der Waals surface area contributed by atoms with E-state index >= 15 is 0 Å². The monoisotopic (exact) mass is 275 g/mol. The van der Waals surface area contributed by atoms with E-state index in [0.717, 1.165) is 44.8 Å². The van der Waals surface area contributed by atoms with Crippen LogP contribution in [-0.2, 0) is 6.54 Å². The third kappa shape index (κ3) is 2.70. The molecular formula is C17H25NO2. The Hall–Kier alpha value is -1.06. The minimum absolute atomic E-state index is 0.0743. The molecule has 1 N–H and O–H groups in total. The highest BCUT2D eigenvalue weighted by Crippen LogP contribution is 2.41. The Labute approximate surface area is 121 Å². The molecule has 0 amide bonds. The predicted molar refractivity (Wildman–Crippen MR) is 79.7 cm³/mol. The van der Waals surface area contributed by atoms with Crippen molar-refractivity contribution in [2.45, 2.75) is 39.3 Å². The number of hydrogen-bond donors (Lipinski definition) is 1. The molecule has 1 aliphatic heterocycles. The van der Waals surface area contributed by atoms with E-state index in [2.05, 4.69) is 30.9 Å². The van der Waals surface area contributed by atoms with Crippen LogP contribution < -0.4 is 4.74 Å². The van der Waals surface area contributed by atoms with Gasteiger partial charge in [0.1, 0.15) is 12.4 Å². The minimum Gasteiger partial charge on any atom is -0.492 e. The van der Waals surface area contributed by atoms with Crippen LogP contribution in [0.1, 0.15) is 32.3 Å². The third-order valence-electron chi connectivity index (χ3n) is 4.93. The summed E-state index contributed by atoms with van der Waals surface area (Å²) in [5, 5.41) is 10.5. The van der Waals surface area contributed by atoms with E-state index in [9.17, 15) is 5.11 Å². The molecule has 110 valence electrons. The van der Waals surface area contributed by atoms with Crippen LogP contribution in [0.15, 0.2) is 24.3 Å². The van der Waals surface area contributed by atoms with Crippen LogP contribution in [0, 0.1) is 11.3 Å². The number of nitrogens with zero attached hydrogens (tertiary/aromatic N) is 1. The number of benzene rings is 1. The first kappa shape index (κ1) is 13.9. The highest BCUT2D eigenvalue weighted by Gasteiger charge is 2.41. The smallest absolute Gasteiger partial charge is 0.123 e. The molecule has 0 bridgehead atoms. The van der Waals surface area contributed by atoms with Gasteiger partial charge < -0.3 is 9.84 Å². The Morgan fingerprint density at radius 2 is 2.15 bits per heavy atom. The fourth-order valence-electron chi connectivity index (χ4n) is 3.56. The fraction of sp³-hybridized carbons (Fsp3) is 0.647. The summed E-state index contributed by atoms with van der Waals surface area (Å²) in [5.41, 5.74) is 1.34. The minimum atomic E-state index is -0.179. The molecule has 0 radical (unpaired) electrons. The second-order valence-electron chi connectivity index (χ2n) is 6.92. The average molecular weight is 275 g/mol. The molecule has 2 unspecified atom stereocenters. The zero-order chi connectivity index (χ0) is 14.2. The van der Waals surface area contributed by atoms with Crippen LogP contribution in [0.5, 0.6) is 5.75 Å². The third-order valence-corrected chi connectivity index (χ3v) is 4.93. The zero-order valence-electron chi connectivity index (χ0n) is 12.5. The van der Waals surface area contributed by atoms with Crippen LogP contribution in [0.3, 0.4) is 0 Å². The lowest BCUT2D eigenvalue weighted by molar-refractivity contribution is 0.0310. The van der Waals surface area contributed by atoms with E-state index in [4.69, 9.17) is 4.74 Å². The summed E-state index contributed by atoms with van der Waals surface area (Å²) in [5.74, 6) is 1.41. The maximum absolute atomic E-state index is 10.5. The molecule has 1 aromatic carbocycles. The van der Waals surface area contributed by atoms with E-state index in [-0.39, 0.29) is 11.5 Å². The van der Waals surface area contributed by atoms with Crippen LogP contribution >= 0.6 is 0 Å². The molecule has 0 spiro atoms. The number of para-hydroxylation sites is 1. The molecule has 1 heterocycles. The molecule has 0 aromatic heterocycles. The first-order valence-corrected chi connectivity index (χ1v) is 7.67. The Balaban J connectivity index is 1.67. The SMILES string of the molecule is CC1(C)CCC(CN2CCOc3ccccc3C2)C1O. The average Bonchev–Trinajstić information content (AvgIpc) is 2.62. The van der Waals surface area contributed by atoms with Crippen molar-refractivity contribution in [2.24, 2.45) is 11.3 Å². The first-order valence-electron chi connectivity index (χ1n) is 7.67. The molecule has 2 aliphatic rings. The summed E-state index contributed by atoms with van der Waals surface area (Å²) in [6, 6.07) is 8.28. The maximum Gasteiger partial charge on any atom is 0.123 e. The van der Waals surface area contributed by atoms with Gasteiger partial charge in [-0.2, -0.15) is 0 Å². The van der Waals surface area contributed by atoms with Gasteiger partial charge in [-0.25, -0.2) is 0 Å². The second-order valence-corrected chi connectivity index (χ2v) is 6.92. The number of fused-ring (bicyclic) bond motifs is 1. The summed E-state index contributed by atoms with van der Waals surface area (Å²) in [7, 11) is 0. The van der Waals surface area contributed by atoms with Crippen molar-refractivity contribution in [3.05, 3.63) is 29.8 Å². The molecule has 1 aromatic rings. The largest absolute Gasteiger partial charge is 0.492 e. The highest BCUT2D eigenvalue weighted by molar-refractivity contribution is 5.33. The van der Waals surface area contributed by atoms with Gasteiger partial charge in [0, 0.05) is 25.2 Å². The van der Waals surface area contributed by atoms with Crippen molar-refractivity contribution in [1.29, 1.82) is 0 Å². The lowest BCUT2D eigenvalue weighted by Crippen LogP contribution is -2.37. The van der Waals surface area contributed by atoms with Gasteiger partial charge in [0.15, 0.2) is 0 Å². The molecular weight excluding hydrogens is 250 g/mol. The summed E-state index contributed by atoms with van der Waals surface area (Å²) in [6.07, 6.45) is 2.08. The topological polar surface area (TPSA) is 32.7 Å². The van der Waals surface area contributed by atoms with Crippen molar-refractivity contribution in [1.82, 2.24) is 4.90 Å². The predicted octanol–water partition coefficient (Wildman–Crippen LogP) is 2.68. The van der Waals surface area contributed by atoms with Crippen molar-refractivity contribution in [3.63, 3.8) is 0 Å². The quantitative estimate of drug-likeness (QED) is 0.900. The molecule has 0 saturated heterocycles. The number of aliphatic hydroxyl groups excluding tert-OH is 1. The van der Waals surface area contributed by atoms with Gasteiger partial charge in [-0.15, -0.1) is 0 Å². The van der Waals surface area contributed by atoms with Gasteiger partial charge in [-0.05, 0) is 30.2 Å². The second kappa shape index (κ2) is 5.38. The first-order chi connectivity index (χ1) is 9.56. The zero-order valence-corrected chi connectivity index (χ0v) is 12.5. The summed E-state index contributed by atoms with van der Waals surface area (Å²) >= 11 is 0. The highest BCUT2D eigenvalue weighted by atomic mass is 16.5. The Morgan fingerprint density at radius 3 is 2.90 bits per heavy atom. The number of hydrogen-bond acceptors (Lipinski definition) is 3. The van der Waals surface area contributed by atoms with Gasteiger partial charge >= 0.3 is 0 Å². The number of rotatable bonds is 2. The Morgan fingerprint density at radius 1 is 1.35 bits per heavy atom. The lowest BCUT2D eigenvalue weighted by Gasteiger charge is -2.29. The van der Waals surface area contributed by atoms with E-state index in [1.807, 2.05) is 12.1 Å². The van der Waals surface area contributed by atoms with E-state index in [0.29, 0.717) is 5.92 Å². The van der Waals surface area contributed by atoms with E-state index in [1.54, 1.807) is 0 Å². The molecule has 1 fully saturated rings. The summed E-state index contributed by atoms with van der Waals surface area (Å²) in [4.78, 5) is 2.43. The molecule has 3 heteroatoms. The molecule has 1 saturated carbocycles. The van der Waals surface area contributed by atoms with Gasteiger partial charge in [0.2, 0.25) is 0 Å². The normalized spacial score (nSPS) is 29.6. The number of ether oxygens (including phenoxy) is 1. The van der Waals surface area contributed by atoms with Crippen molar-refractivity contribution in [2.75, 3.05) is 19.7 Å². The van der Waals surface area contributed by atoms with Crippen molar-refractivity contribution in [3.8, 4) is 5.75 Å². The maximum atomic E-state index is 10.5. The summed E-state index contributed by atoms with van der Waals surface area (Å²) in [6.45, 7) is 7.95.